The van der Waals surface area contributed by atoms with Crippen molar-refractivity contribution in [1.82, 2.24) is 0 Å². The molecule has 0 aliphatic rings. The molecular formula is C16H15F2NO3S2. The number of rotatable bonds is 6. The molecule has 0 heterocycles. The molecule has 1 N–H and O–H groups in total. The Hall–Kier alpha value is -1.93. The second kappa shape index (κ2) is 7.31. The van der Waals surface area contributed by atoms with Crippen molar-refractivity contribution in [2.45, 2.75) is 17.1 Å². The van der Waals surface area contributed by atoms with Crippen molar-refractivity contribution in [3.05, 3.63) is 59.7 Å². The number of nitrogens with one attached hydrogen (secondary N) is 1. The highest BCUT2D eigenvalue weighted by atomic mass is 32.2. The number of thioether (sulfide) groups is 1. The van der Waals surface area contributed by atoms with Gasteiger partial charge < -0.3 is 0 Å². The lowest BCUT2D eigenvalue weighted by Gasteiger charge is -2.12. The van der Waals surface area contributed by atoms with Crippen LogP contribution in [0.1, 0.15) is 17.3 Å². The van der Waals surface area contributed by atoms with Crippen LogP contribution in [0, 0.1) is 11.6 Å². The van der Waals surface area contributed by atoms with Crippen molar-refractivity contribution >= 4 is 33.3 Å². The van der Waals surface area contributed by atoms with Crippen molar-refractivity contribution in [3.63, 3.8) is 0 Å². The lowest BCUT2D eigenvalue weighted by molar-refractivity contribution is 0.0994. The van der Waals surface area contributed by atoms with Crippen LogP contribution in [0.4, 0.5) is 14.5 Å². The van der Waals surface area contributed by atoms with Crippen LogP contribution in [0.5, 0.6) is 0 Å². The number of carbonyl (C=O) groups excluding carboxylic acids is 1. The van der Waals surface area contributed by atoms with E-state index in [4.69, 9.17) is 0 Å². The molecule has 0 aliphatic carbocycles. The van der Waals surface area contributed by atoms with E-state index in [1.165, 1.54) is 24.3 Å². The van der Waals surface area contributed by atoms with Crippen LogP contribution < -0.4 is 4.72 Å². The third kappa shape index (κ3) is 5.04. The van der Waals surface area contributed by atoms with Crippen molar-refractivity contribution < 1.29 is 22.0 Å². The molecule has 2 rings (SSSR count). The summed E-state index contributed by atoms with van der Waals surface area (Å²) in [4.78, 5) is 12.4. The van der Waals surface area contributed by atoms with E-state index in [1.54, 1.807) is 6.92 Å². The van der Waals surface area contributed by atoms with Gasteiger partial charge in [0.25, 0.3) is 0 Å². The van der Waals surface area contributed by atoms with Crippen LogP contribution in [0.2, 0.25) is 0 Å². The van der Waals surface area contributed by atoms with E-state index >= 15 is 0 Å². The number of Topliss-reactive ketones (excluding diaryl/α,β-unsaturated/α-hetero) is 1. The fraction of sp³-hybridized carbons (Fsp3) is 0.188. The molecule has 0 amide bonds. The fourth-order valence-corrected chi connectivity index (χ4v) is 3.51. The summed E-state index contributed by atoms with van der Waals surface area (Å²) in [5.41, 5.74) is 0.691. The van der Waals surface area contributed by atoms with Gasteiger partial charge in [-0.1, -0.05) is 0 Å². The first-order valence-electron chi connectivity index (χ1n) is 6.89. The Bertz CT molecular complexity index is 852. The molecular weight excluding hydrogens is 356 g/mol. The lowest BCUT2D eigenvalue weighted by atomic mass is 10.1. The summed E-state index contributed by atoms with van der Waals surface area (Å²) in [5, 5.41) is -0.630. The van der Waals surface area contributed by atoms with E-state index in [9.17, 15) is 22.0 Å². The van der Waals surface area contributed by atoms with Gasteiger partial charge in [0, 0.05) is 16.1 Å². The number of ketones is 1. The molecule has 0 spiro atoms. The van der Waals surface area contributed by atoms with E-state index in [0.29, 0.717) is 11.3 Å². The van der Waals surface area contributed by atoms with Crippen molar-refractivity contribution in [1.29, 1.82) is 0 Å². The van der Waals surface area contributed by atoms with Crippen LogP contribution in [-0.2, 0) is 10.0 Å². The second-order valence-electron chi connectivity index (χ2n) is 5.15. The quantitative estimate of drug-likeness (QED) is 0.621. The molecule has 0 radical (unpaired) electrons. The minimum Gasteiger partial charge on any atom is -0.293 e. The Morgan fingerprint density at radius 1 is 1.12 bits per heavy atom. The van der Waals surface area contributed by atoms with Crippen molar-refractivity contribution in [2.24, 2.45) is 0 Å². The predicted octanol–water partition coefficient (Wildman–Crippen LogP) is 3.70. The Morgan fingerprint density at radius 2 is 1.75 bits per heavy atom. The molecule has 128 valence electrons. The van der Waals surface area contributed by atoms with Crippen LogP contribution >= 0.6 is 11.8 Å². The highest BCUT2D eigenvalue weighted by Crippen LogP contribution is 2.29. The summed E-state index contributed by atoms with van der Waals surface area (Å²) in [5.74, 6) is -1.43. The van der Waals surface area contributed by atoms with Crippen LogP contribution in [0.25, 0.3) is 0 Å². The van der Waals surface area contributed by atoms with E-state index in [-0.39, 0.29) is 10.7 Å². The Labute approximate surface area is 143 Å². The number of hydrogen-bond donors (Lipinski definition) is 1. The minimum absolute atomic E-state index is 0.0613. The largest absolute Gasteiger partial charge is 0.293 e. The monoisotopic (exact) mass is 371 g/mol. The van der Waals surface area contributed by atoms with Crippen molar-refractivity contribution in [3.8, 4) is 0 Å². The van der Waals surface area contributed by atoms with Gasteiger partial charge in [-0.05, 0) is 49.4 Å². The number of benzene rings is 2. The standard InChI is InChI=1S/C16H15F2NO3S2/c1-10(23-15-9-12(17)5-8-14(15)18)16(20)11-3-6-13(7-4-11)19-24(2,21)22/h3-10,19H,1-2H3/t10-/m1/s1. The number of anilines is 1. The summed E-state index contributed by atoms with van der Waals surface area (Å²) < 4.78 is 51.4. The van der Waals surface area contributed by atoms with Gasteiger partial charge in [-0.25, -0.2) is 17.2 Å². The van der Waals surface area contributed by atoms with E-state index in [0.717, 1.165) is 36.2 Å². The van der Waals surface area contributed by atoms with Gasteiger partial charge in [-0.3, -0.25) is 9.52 Å². The molecule has 0 unspecified atom stereocenters. The van der Waals surface area contributed by atoms with Crippen LogP contribution in [-0.4, -0.2) is 25.7 Å². The average molecular weight is 371 g/mol. The molecule has 4 nitrogen and oxygen atoms in total. The SMILES string of the molecule is C[C@@H](Sc1cc(F)ccc1F)C(=O)c1ccc(NS(C)(=O)=O)cc1. The highest BCUT2D eigenvalue weighted by molar-refractivity contribution is 8.00. The van der Waals surface area contributed by atoms with E-state index in [2.05, 4.69) is 4.72 Å². The molecule has 2 aromatic carbocycles. The van der Waals surface area contributed by atoms with Gasteiger partial charge in [0.15, 0.2) is 5.78 Å². The summed E-state index contributed by atoms with van der Waals surface area (Å²) in [6.07, 6.45) is 1.03. The Morgan fingerprint density at radius 3 is 2.33 bits per heavy atom. The molecule has 0 fully saturated rings. The molecule has 8 heteroatoms. The second-order valence-corrected chi connectivity index (χ2v) is 8.28. The first kappa shape index (κ1) is 18.4. The average Bonchev–Trinajstić information content (AvgIpc) is 2.49. The summed E-state index contributed by atoms with van der Waals surface area (Å²) in [6, 6.07) is 8.97. The highest BCUT2D eigenvalue weighted by Gasteiger charge is 2.18. The number of sulfonamides is 1. The summed E-state index contributed by atoms with van der Waals surface area (Å²) in [6.45, 7) is 1.60. The topological polar surface area (TPSA) is 63.2 Å². The minimum atomic E-state index is -3.39. The molecule has 24 heavy (non-hydrogen) atoms. The van der Waals surface area contributed by atoms with E-state index in [1.807, 2.05) is 0 Å². The summed E-state index contributed by atoms with van der Waals surface area (Å²) in [7, 11) is -3.39. The third-order valence-corrected chi connectivity index (χ3v) is 4.78. The van der Waals surface area contributed by atoms with Gasteiger partial charge in [-0.15, -0.1) is 11.8 Å². The number of hydrogen-bond acceptors (Lipinski definition) is 4. The molecule has 0 saturated heterocycles. The van der Waals surface area contributed by atoms with Gasteiger partial charge >= 0.3 is 0 Å². The maximum atomic E-state index is 13.6. The third-order valence-electron chi connectivity index (χ3n) is 3.04. The molecule has 1 atom stereocenters. The van der Waals surface area contributed by atoms with Gasteiger partial charge in [0.2, 0.25) is 10.0 Å². The lowest BCUT2D eigenvalue weighted by Crippen LogP contribution is -2.14. The molecule has 2 aromatic rings. The van der Waals surface area contributed by atoms with Crippen LogP contribution in [0.3, 0.4) is 0 Å². The Balaban J connectivity index is 2.11. The maximum Gasteiger partial charge on any atom is 0.229 e. The van der Waals surface area contributed by atoms with Gasteiger partial charge in [0.1, 0.15) is 11.6 Å². The molecule has 0 aliphatic heterocycles. The predicted molar refractivity (Wildman–Crippen MR) is 90.9 cm³/mol. The van der Waals surface area contributed by atoms with E-state index < -0.39 is 26.9 Å². The first-order valence-corrected chi connectivity index (χ1v) is 9.66. The van der Waals surface area contributed by atoms with Crippen LogP contribution in [0.15, 0.2) is 47.4 Å². The summed E-state index contributed by atoms with van der Waals surface area (Å²) >= 11 is 0.925. The smallest absolute Gasteiger partial charge is 0.229 e. The number of carbonyl (C=O) groups is 1. The molecule has 0 saturated carbocycles. The fourth-order valence-electron chi connectivity index (χ4n) is 1.96. The Kier molecular flexibility index (Phi) is 5.61. The zero-order valence-electron chi connectivity index (χ0n) is 12.9. The zero-order valence-corrected chi connectivity index (χ0v) is 14.5. The molecule has 0 bridgehead atoms. The molecule has 0 aromatic heterocycles. The first-order chi connectivity index (χ1) is 11.2. The van der Waals surface area contributed by atoms with Gasteiger partial charge in [0.05, 0.1) is 11.5 Å². The maximum absolute atomic E-state index is 13.6. The number of halogens is 2. The van der Waals surface area contributed by atoms with Gasteiger partial charge in [-0.2, -0.15) is 0 Å². The van der Waals surface area contributed by atoms with Crippen molar-refractivity contribution in [2.75, 3.05) is 11.0 Å². The zero-order chi connectivity index (χ0) is 17.9. The normalized spacial score (nSPS) is 12.7.